The average Bonchev–Trinajstić information content (AvgIpc) is 2.38. The zero-order chi connectivity index (χ0) is 14.5. The van der Waals surface area contributed by atoms with Gasteiger partial charge < -0.3 is 10.2 Å². The molecule has 0 bridgehead atoms. The van der Waals surface area contributed by atoms with E-state index in [-0.39, 0.29) is 5.28 Å². The average molecular weight is 292 g/mol. The maximum atomic E-state index is 5.88. The third-order valence-electron chi connectivity index (χ3n) is 2.78. The van der Waals surface area contributed by atoms with E-state index in [1.165, 1.54) is 11.1 Å². The summed E-state index contributed by atoms with van der Waals surface area (Å²) in [6.07, 6.45) is 0.905. The van der Waals surface area contributed by atoms with Crippen LogP contribution in [0.2, 0.25) is 5.28 Å². The minimum atomic E-state index is 0.196. The van der Waals surface area contributed by atoms with Crippen molar-refractivity contribution in [2.24, 2.45) is 0 Å². The van der Waals surface area contributed by atoms with Crippen LogP contribution in [0.1, 0.15) is 11.1 Å². The summed E-state index contributed by atoms with van der Waals surface area (Å²) in [6.45, 7) is 2.84. The van der Waals surface area contributed by atoms with E-state index in [0.717, 1.165) is 13.0 Å². The van der Waals surface area contributed by atoms with Crippen molar-refractivity contribution in [1.29, 1.82) is 0 Å². The summed E-state index contributed by atoms with van der Waals surface area (Å²) in [5, 5.41) is 3.37. The van der Waals surface area contributed by atoms with E-state index >= 15 is 0 Å². The minimum absolute atomic E-state index is 0.196. The Morgan fingerprint density at radius 3 is 2.70 bits per heavy atom. The summed E-state index contributed by atoms with van der Waals surface area (Å²) in [4.78, 5) is 14.2. The summed E-state index contributed by atoms with van der Waals surface area (Å²) in [5.41, 5.74) is 2.55. The highest BCUT2D eigenvalue weighted by molar-refractivity contribution is 6.28. The Labute approximate surface area is 124 Å². The molecule has 106 valence electrons. The molecule has 1 heterocycles. The smallest absolute Gasteiger partial charge is 0.230 e. The molecule has 5 nitrogen and oxygen atoms in total. The second kappa shape index (κ2) is 6.52. The SMILES string of the molecule is Cc1cccc(CCNc2nc(Cl)nc(N(C)C)n2)c1. The first-order valence-electron chi connectivity index (χ1n) is 6.43. The lowest BCUT2D eigenvalue weighted by Gasteiger charge is -2.11. The molecule has 0 spiro atoms. The summed E-state index contributed by atoms with van der Waals surface area (Å²) in [6, 6.07) is 8.44. The van der Waals surface area contributed by atoms with Crippen LogP contribution >= 0.6 is 11.6 Å². The Kier molecular flexibility index (Phi) is 4.74. The highest BCUT2D eigenvalue weighted by Crippen LogP contribution is 2.11. The van der Waals surface area contributed by atoms with Gasteiger partial charge in [0.15, 0.2) is 0 Å². The third kappa shape index (κ3) is 4.06. The Morgan fingerprint density at radius 1 is 1.20 bits per heavy atom. The standard InChI is InChI=1S/C14H18ClN5/c1-10-5-4-6-11(9-10)7-8-16-13-17-12(15)18-14(19-13)20(2)3/h4-6,9H,7-8H2,1-3H3,(H,16,17,18,19). The number of nitrogens with one attached hydrogen (secondary N) is 1. The highest BCUT2D eigenvalue weighted by Gasteiger charge is 2.06. The molecule has 0 atom stereocenters. The van der Waals surface area contributed by atoms with Gasteiger partial charge in [-0.3, -0.25) is 0 Å². The molecule has 0 unspecified atom stereocenters. The van der Waals surface area contributed by atoms with Crippen LogP contribution in [0.3, 0.4) is 0 Å². The number of aryl methyl sites for hydroxylation is 1. The molecule has 2 rings (SSSR count). The van der Waals surface area contributed by atoms with Gasteiger partial charge in [0.1, 0.15) is 0 Å². The van der Waals surface area contributed by atoms with Crippen molar-refractivity contribution in [3.63, 3.8) is 0 Å². The topological polar surface area (TPSA) is 53.9 Å². The first kappa shape index (κ1) is 14.5. The van der Waals surface area contributed by atoms with Crippen LogP contribution < -0.4 is 10.2 Å². The number of halogens is 1. The molecule has 6 heteroatoms. The van der Waals surface area contributed by atoms with E-state index in [1.807, 2.05) is 14.1 Å². The van der Waals surface area contributed by atoms with Crippen molar-refractivity contribution in [2.45, 2.75) is 13.3 Å². The van der Waals surface area contributed by atoms with Crippen molar-refractivity contribution in [3.8, 4) is 0 Å². The number of hydrogen-bond acceptors (Lipinski definition) is 5. The van der Waals surface area contributed by atoms with Gasteiger partial charge in [-0.25, -0.2) is 0 Å². The fourth-order valence-corrected chi connectivity index (χ4v) is 1.96. The summed E-state index contributed by atoms with van der Waals surface area (Å²) < 4.78 is 0. The first-order valence-corrected chi connectivity index (χ1v) is 6.81. The zero-order valence-electron chi connectivity index (χ0n) is 11.9. The molecule has 1 aromatic heterocycles. The predicted molar refractivity (Wildman–Crippen MR) is 82.5 cm³/mol. The van der Waals surface area contributed by atoms with Crippen LogP contribution in [0.5, 0.6) is 0 Å². The van der Waals surface area contributed by atoms with Gasteiger partial charge >= 0.3 is 0 Å². The van der Waals surface area contributed by atoms with Gasteiger partial charge in [-0.2, -0.15) is 15.0 Å². The van der Waals surface area contributed by atoms with Gasteiger partial charge in [0.25, 0.3) is 0 Å². The van der Waals surface area contributed by atoms with Gasteiger partial charge in [0.05, 0.1) is 0 Å². The lowest BCUT2D eigenvalue weighted by atomic mass is 10.1. The lowest BCUT2D eigenvalue weighted by molar-refractivity contribution is 0.928. The van der Waals surface area contributed by atoms with Gasteiger partial charge in [-0.1, -0.05) is 29.8 Å². The number of anilines is 2. The van der Waals surface area contributed by atoms with Gasteiger partial charge in [0, 0.05) is 20.6 Å². The molecule has 0 fully saturated rings. The molecular formula is C14H18ClN5. The van der Waals surface area contributed by atoms with Gasteiger partial charge in [0.2, 0.25) is 17.2 Å². The quantitative estimate of drug-likeness (QED) is 0.917. The second-order valence-corrected chi connectivity index (χ2v) is 5.13. The first-order chi connectivity index (χ1) is 9.54. The number of nitrogens with zero attached hydrogens (tertiary/aromatic N) is 4. The molecule has 0 amide bonds. The predicted octanol–water partition coefficient (Wildman–Crippen LogP) is 2.55. The lowest BCUT2D eigenvalue weighted by Crippen LogP contribution is -2.16. The molecule has 0 radical (unpaired) electrons. The van der Waals surface area contributed by atoms with Crippen molar-refractivity contribution in [1.82, 2.24) is 15.0 Å². The zero-order valence-corrected chi connectivity index (χ0v) is 12.6. The monoisotopic (exact) mass is 291 g/mol. The molecule has 0 aliphatic rings. The molecule has 0 saturated heterocycles. The molecule has 1 N–H and O–H groups in total. The van der Waals surface area contributed by atoms with Crippen molar-refractivity contribution < 1.29 is 0 Å². The van der Waals surface area contributed by atoms with Crippen LogP contribution in [-0.4, -0.2) is 35.6 Å². The van der Waals surface area contributed by atoms with Gasteiger partial charge in [-0.15, -0.1) is 0 Å². The van der Waals surface area contributed by atoms with Crippen molar-refractivity contribution in [3.05, 3.63) is 40.7 Å². The van der Waals surface area contributed by atoms with Gasteiger partial charge in [-0.05, 0) is 30.5 Å². The third-order valence-corrected chi connectivity index (χ3v) is 2.94. The molecule has 2 aromatic rings. The van der Waals surface area contributed by atoms with Crippen LogP contribution in [0.4, 0.5) is 11.9 Å². The van der Waals surface area contributed by atoms with Crippen LogP contribution in [0.25, 0.3) is 0 Å². The molecule has 1 aromatic carbocycles. The highest BCUT2D eigenvalue weighted by atomic mass is 35.5. The Bertz CT molecular complexity index is 586. The van der Waals surface area contributed by atoms with Crippen molar-refractivity contribution in [2.75, 3.05) is 30.9 Å². The van der Waals surface area contributed by atoms with E-state index in [1.54, 1.807) is 4.90 Å². The second-order valence-electron chi connectivity index (χ2n) is 4.79. The van der Waals surface area contributed by atoms with E-state index in [2.05, 4.69) is 51.5 Å². The largest absolute Gasteiger partial charge is 0.354 e. The molecular weight excluding hydrogens is 274 g/mol. The maximum Gasteiger partial charge on any atom is 0.230 e. The Morgan fingerprint density at radius 2 is 2.00 bits per heavy atom. The molecule has 0 saturated carbocycles. The number of rotatable bonds is 5. The van der Waals surface area contributed by atoms with Crippen LogP contribution in [0.15, 0.2) is 24.3 Å². The number of benzene rings is 1. The molecule has 0 aliphatic carbocycles. The number of hydrogen-bond donors (Lipinski definition) is 1. The minimum Gasteiger partial charge on any atom is -0.354 e. The van der Waals surface area contributed by atoms with E-state index in [4.69, 9.17) is 11.6 Å². The van der Waals surface area contributed by atoms with Crippen molar-refractivity contribution >= 4 is 23.5 Å². The fraction of sp³-hybridized carbons (Fsp3) is 0.357. The van der Waals surface area contributed by atoms with E-state index in [9.17, 15) is 0 Å². The summed E-state index contributed by atoms with van der Waals surface area (Å²) in [5.74, 6) is 1.05. The summed E-state index contributed by atoms with van der Waals surface area (Å²) >= 11 is 5.88. The fourth-order valence-electron chi connectivity index (χ4n) is 1.80. The molecule has 20 heavy (non-hydrogen) atoms. The van der Waals surface area contributed by atoms with E-state index in [0.29, 0.717) is 11.9 Å². The Balaban J connectivity index is 1.97. The summed E-state index contributed by atoms with van der Waals surface area (Å²) in [7, 11) is 3.73. The maximum absolute atomic E-state index is 5.88. The Hall–Kier alpha value is -1.88. The number of aromatic nitrogens is 3. The van der Waals surface area contributed by atoms with E-state index < -0.39 is 0 Å². The molecule has 0 aliphatic heterocycles. The normalized spacial score (nSPS) is 10.4. The van der Waals surface area contributed by atoms with Crippen LogP contribution in [0, 0.1) is 6.92 Å². The van der Waals surface area contributed by atoms with Crippen LogP contribution in [-0.2, 0) is 6.42 Å².